The summed E-state index contributed by atoms with van der Waals surface area (Å²) in [5.74, 6) is 0.730. The second kappa shape index (κ2) is 6.27. The first kappa shape index (κ1) is 14.7. The number of likely N-dealkylation sites (tertiary alicyclic amines) is 1. The van der Waals surface area contributed by atoms with E-state index in [9.17, 15) is 4.79 Å². The minimum atomic E-state index is 0.0584. The highest BCUT2D eigenvalue weighted by atomic mass is 35.5. The molecule has 3 rings (SSSR count). The zero-order valence-corrected chi connectivity index (χ0v) is 13.1. The highest BCUT2D eigenvalue weighted by Crippen LogP contribution is 2.35. The predicted octanol–water partition coefficient (Wildman–Crippen LogP) is 4.11. The summed E-state index contributed by atoms with van der Waals surface area (Å²) >= 11 is 6.03. The van der Waals surface area contributed by atoms with Crippen molar-refractivity contribution in [2.75, 3.05) is 12.3 Å². The first-order valence-corrected chi connectivity index (χ1v) is 8.40. The molecule has 1 heterocycles. The van der Waals surface area contributed by atoms with E-state index in [4.69, 9.17) is 17.3 Å². The molecular formula is C17H23ClN2O. The Morgan fingerprint density at radius 2 is 1.90 bits per heavy atom. The summed E-state index contributed by atoms with van der Waals surface area (Å²) in [4.78, 5) is 14.9. The SMILES string of the molecule is Nc1ccc(Cl)cc1C(=O)N1CCCC1C1CCCCC1. The largest absolute Gasteiger partial charge is 0.398 e. The Morgan fingerprint density at radius 3 is 2.67 bits per heavy atom. The van der Waals surface area contributed by atoms with Gasteiger partial charge in [-0.2, -0.15) is 0 Å². The second-order valence-electron chi connectivity index (χ2n) is 6.34. The van der Waals surface area contributed by atoms with E-state index >= 15 is 0 Å². The van der Waals surface area contributed by atoms with Crippen LogP contribution in [-0.2, 0) is 0 Å². The first-order chi connectivity index (χ1) is 10.2. The number of rotatable bonds is 2. The van der Waals surface area contributed by atoms with Gasteiger partial charge in [0.25, 0.3) is 5.91 Å². The van der Waals surface area contributed by atoms with Crippen LogP contribution >= 0.6 is 11.6 Å². The molecule has 0 radical (unpaired) electrons. The Bertz CT molecular complexity index is 526. The van der Waals surface area contributed by atoms with Crippen molar-refractivity contribution in [2.45, 2.75) is 51.0 Å². The summed E-state index contributed by atoms with van der Waals surface area (Å²) < 4.78 is 0. The molecule has 1 aromatic carbocycles. The van der Waals surface area contributed by atoms with Crippen molar-refractivity contribution in [3.63, 3.8) is 0 Å². The second-order valence-corrected chi connectivity index (χ2v) is 6.77. The van der Waals surface area contributed by atoms with Gasteiger partial charge in [0.2, 0.25) is 0 Å². The number of halogens is 1. The van der Waals surface area contributed by atoms with Crippen LogP contribution in [0.2, 0.25) is 5.02 Å². The fourth-order valence-corrected chi connectivity index (χ4v) is 4.09. The lowest BCUT2D eigenvalue weighted by atomic mass is 9.83. The van der Waals surface area contributed by atoms with Crippen molar-refractivity contribution in [1.82, 2.24) is 4.90 Å². The van der Waals surface area contributed by atoms with Crippen molar-refractivity contribution in [3.8, 4) is 0 Å². The maximum absolute atomic E-state index is 12.9. The average Bonchev–Trinajstić information content (AvgIpc) is 2.99. The third-order valence-corrected chi connectivity index (χ3v) is 5.23. The number of hydrogen-bond donors (Lipinski definition) is 1. The quantitative estimate of drug-likeness (QED) is 0.836. The topological polar surface area (TPSA) is 46.3 Å². The fraction of sp³-hybridized carbons (Fsp3) is 0.588. The van der Waals surface area contributed by atoms with E-state index in [0.717, 1.165) is 19.4 Å². The van der Waals surface area contributed by atoms with Crippen LogP contribution in [0.5, 0.6) is 0 Å². The molecule has 114 valence electrons. The van der Waals surface area contributed by atoms with Crippen LogP contribution in [0.15, 0.2) is 18.2 Å². The van der Waals surface area contributed by atoms with Crippen LogP contribution < -0.4 is 5.73 Å². The van der Waals surface area contributed by atoms with Gasteiger partial charge in [-0.15, -0.1) is 0 Å². The molecule has 2 fully saturated rings. The maximum Gasteiger partial charge on any atom is 0.256 e. The van der Waals surface area contributed by atoms with Crippen molar-refractivity contribution in [1.29, 1.82) is 0 Å². The minimum Gasteiger partial charge on any atom is -0.398 e. The molecule has 2 N–H and O–H groups in total. The lowest BCUT2D eigenvalue weighted by Crippen LogP contribution is -2.41. The Kier molecular flexibility index (Phi) is 4.39. The Morgan fingerprint density at radius 1 is 1.14 bits per heavy atom. The Balaban J connectivity index is 1.80. The Hall–Kier alpha value is -1.22. The summed E-state index contributed by atoms with van der Waals surface area (Å²) in [6.07, 6.45) is 8.73. The van der Waals surface area contributed by atoms with Gasteiger partial charge >= 0.3 is 0 Å². The minimum absolute atomic E-state index is 0.0584. The summed E-state index contributed by atoms with van der Waals surface area (Å²) in [5.41, 5.74) is 7.06. The highest BCUT2D eigenvalue weighted by molar-refractivity contribution is 6.31. The van der Waals surface area contributed by atoms with Crippen LogP contribution in [0, 0.1) is 5.92 Å². The standard InChI is InChI=1S/C17H23ClN2O/c18-13-8-9-15(19)14(11-13)17(21)20-10-4-7-16(20)12-5-2-1-3-6-12/h8-9,11-12,16H,1-7,10,19H2. The zero-order valence-electron chi connectivity index (χ0n) is 12.4. The predicted molar refractivity (Wildman–Crippen MR) is 86.5 cm³/mol. The number of nitrogens with zero attached hydrogens (tertiary/aromatic N) is 1. The summed E-state index contributed by atoms with van der Waals surface area (Å²) in [6.45, 7) is 0.853. The number of anilines is 1. The van der Waals surface area contributed by atoms with Crippen molar-refractivity contribution in [3.05, 3.63) is 28.8 Å². The van der Waals surface area contributed by atoms with Crippen molar-refractivity contribution >= 4 is 23.2 Å². The highest BCUT2D eigenvalue weighted by Gasteiger charge is 2.35. The maximum atomic E-state index is 12.9. The number of carbonyl (C=O) groups excluding carboxylic acids is 1. The van der Waals surface area contributed by atoms with Crippen LogP contribution in [0.3, 0.4) is 0 Å². The fourth-order valence-electron chi connectivity index (χ4n) is 3.92. The Labute approximate surface area is 131 Å². The van der Waals surface area contributed by atoms with Gasteiger partial charge < -0.3 is 10.6 Å². The van der Waals surface area contributed by atoms with Crippen LogP contribution in [-0.4, -0.2) is 23.4 Å². The molecule has 21 heavy (non-hydrogen) atoms. The molecule has 1 aliphatic heterocycles. The number of hydrogen-bond acceptors (Lipinski definition) is 2. The van der Waals surface area contributed by atoms with Crippen molar-refractivity contribution in [2.24, 2.45) is 5.92 Å². The molecule has 1 atom stereocenters. The van der Waals surface area contributed by atoms with Gasteiger partial charge in [-0.3, -0.25) is 4.79 Å². The molecule has 1 saturated heterocycles. The molecule has 3 nitrogen and oxygen atoms in total. The molecule has 1 saturated carbocycles. The first-order valence-electron chi connectivity index (χ1n) is 8.03. The van der Waals surface area contributed by atoms with E-state index in [0.29, 0.717) is 28.2 Å². The van der Waals surface area contributed by atoms with Crippen molar-refractivity contribution < 1.29 is 4.79 Å². The average molecular weight is 307 g/mol. The van der Waals surface area contributed by atoms with Gasteiger partial charge in [0, 0.05) is 23.3 Å². The third-order valence-electron chi connectivity index (χ3n) is 5.00. The summed E-state index contributed by atoms with van der Waals surface area (Å²) in [6, 6.07) is 5.56. The number of carbonyl (C=O) groups is 1. The molecule has 1 aliphatic carbocycles. The van der Waals surface area contributed by atoms with E-state index in [2.05, 4.69) is 4.90 Å². The van der Waals surface area contributed by atoms with Gasteiger partial charge in [-0.25, -0.2) is 0 Å². The van der Waals surface area contributed by atoms with Crippen LogP contribution in [0.1, 0.15) is 55.3 Å². The van der Waals surface area contributed by atoms with E-state index < -0.39 is 0 Å². The van der Waals surface area contributed by atoms with E-state index in [1.807, 2.05) is 0 Å². The van der Waals surface area contributed by atoms with E-state index in [-0.39, 0.29) is 5.91 Å². The molecule has 0 bridgehead atoms. The lowest BCUT2D eigenvalue weighted by molar-refractivity contribution is 0.0662. The van der Waals surface area contributed by atoms with Gasteiger partial charge in [0.05, 0.1) is 5.56 Å². The molecule has 1 unspecified atom stereocenters. The number of benzene rings is 1. The van der Waals surface area contributed by atoms with Gasteiger partial charge in [0.15, 0.2) is 0 Å². The molecular weight excluding hydrogens is 284 g/mol. The molecule has 0 aromatic heterocycles. The van der Waals surface area contributed by atoms with Gasteiger partial charge in [-0.1, -0.05) is 30.9 Å². The van der Waals surface area contributed by atoms with Crippen LogP contribution in [0.25, 0.3) is 0 Å². The number of nitrogen functional groups attached to an aromatic ring is 1. The normalized spacial score (nSPS) is 23.5. The molecule has 0 spiro atoms. The summed E-state index contributed by atoms with van der Waals surface area (Å²) in [5, 5.41) is 0.570. The zero-order chi connectivity index (χ0) is 14.8. The van der Waals surface area contributed by atoms with E-state index in [1.165, 1.54) is 32.1 Å². The monoisotopic (exact) mass is 306 g/mol. The molecule has 1 amide bonds. The van der Waals surface area contributed by atoms with Gasteiger partial charge in [0.1, 0.15) is 0 Å². The molecule has 4 heteroatoms. The number of amides is 1. The molecule has 1 aromatic rings. The number of nitrogens with two attached hydrogens (primary N) is 1. The molecule has 2 aliphatic rings. The van der Waals surface area contributed by atoms with Gasteiger partial charge in [-0.05, 0) is 49.8 Å². The smallest absolute Gasteiger partial charge is 0.256 e. The third kappa shape index (κ3) is 3.03. The summed E-state index contributed by atoms with van der Waals surface area (Å²) in [7, 11) is 0. The lowest BCUT2D eigenvalue weighted by Gasteiger charge is -2.34. The van der Waals surface area contributed by atoms with E-state index in [1.54, 1.807) is 18.2 Å². The van der Waals surface area contributed by atoms with Crippen LogP contribution in [0.4, 0.5) is 5.69 Å².